The number of imidazole rings is 1. The molecule has 1 saturated heterocycles. The van der Waals surface area contributed by atoms with Crippen LogP contribution in [-0.4, -0.2) is 62.8 Å². The molecule has 1 amide bonds. The highest BCUT2D eigenvalue weighted by molar-refractivity contribution is 6.33. The molecule has 2 aromatic heterocycles. The summed E-state index contributed by atoms with van der Waals surface area (Å²) in [6.07, 6.45) is -8.09. The van der Waals surface area contributed by atoms with Gasteiger partial charge in [0.15, 0.2) is 5.82 Å². The minimum atomic E-state index is -5.15. The van der Waals surface area contributed by atoms with Crippen LogP contribution >= 0.6 is 11.6 Å². The third kappa shape index (κ3) is 4.63. The van der Waals surface area contributed by atoms with Crippen molar-refractivity contribution < 1.29 is 36.2 Å². The van der Waals surface area contributed by atoms with Gasteiger partial charge < -0.3 is 19.5 Å². The minimum Gasteiger partial charge on any atom is -0.374 e. The van der Waals surface area contributed by atoms with Crippen LogP contribution in [0.25, 0.3) is 0 Å². The van der Waals surface area contributed by atoms with Crippen LogP contribution in [0.15, 0.2) is 24.7 Å². The molecule has 1 fully saturated rings. The monoisotopic (exact) mass is 485 g/mol. The second kappa shape index (κ2) is 8.43. The van der Waals surface area contributed by atoms with Gasteiger partial charge in [0.05, 0.1) is 17.0 Å². The van der Waals surface area contributed by atoms with Gasteiger partial charge in [0.1, 0.15) is 5.82 Å². The Bertz CT molecular complexity index is 987. The van der Waals surface area contributed by atoms with Crippen LogP contribution in [0.1, 0.15) is 17.8 Å². The Morgan fingerprint density at radius 2 is 1.75 bits per heavy atom. The lowest BCUT2D eigenvalue weighted by atomic mass is 9.96. The lowest BCUT2D eigenvalue weighted by Crippen LogP contribution is -2.53. The number of carbonyl (C=O) groups is 1. The number of aryl methyl sites for hydroxylation is 1. The van der Waals surface area contributed by atoms with E-state index < -0.39 is 41.7 Å². The number of anilines is 1. The molecule has 1 aliphatic heterocycles. The van der Waals surface area contributed by atoms with Crippen molar-refractivity contribution in [3.05, 3.63) is 41.1 Å². The zero-order valence-electron chi connectivity index (χ0n) is 16.6. The van der Waals surface area contributed by atoms with E-state index in [1.165, 1.54) is 18.1 Å². The summed E-state index contributed by atoms with van der Waals surface area (Å²) in [5.41, 5.74) is -4.49. The Balaban J connectivity index is 1.70. The Kier molecular flexibility index (Phi) is 6.35. The Morgan fingerprint density at radius 1 is 1.12 bits per heavy atom. The SMILES string of the molecule is Cn1ccnc1C(O)(CC(=O)N1CCN(c2ncc(C(F)(F)F)cc2Cl)CC1)C(F)(F)F. The summed E-state index contributed by atoms with van der Waals surface area (Å²) in [6.45, 7) is 0.0894. The van der Waals surface area contributed by atoms with E-state index in [-0.39, 0.29) is 37.0 Å². The van der Waals surface area contributed by atoms with Crippen LogP contribution < -0.4 is 4.90 Å². The summed E-state index contributed by atoms with van der Waals surface area (Å²) in [6, 6.07) is 0.734. The molecule has 1 atom stereocenters. The van der Waals surface area contributed by atoms with E-state index in [4.69, 9.17) is 11.6 Å². The topological polar surface area (TPSA) is 74.5 Å². The molecule has 7 nitrogen and oxygen atoms in total. The Hall–Kier alpha value is -2.54. The zero-order valence-corrected chi connectivity index (χ0v) is 17.3. The summed E-state index contributed by atoms with van der Waals surface area (Å²) in [4.78, 5) is 22.5. The maximum absolute atomic E-state index is 13.6. The smallest absolute Gasteiger partial charge is 0.374 e. The van der Waals surface area contributed by atoms with Gasteiger partial charge in [0.2, 0.25) is 11.5 Å². The van der Waals surface area contributed by atoms with E-state index >= 15 is 0 Å². The average Bonchev–Trinajstić information content (AvgIpc) is 3.13. The number of alkyl halides is 6. The minimum absolute atomic E-state index is 0.0354. The fourth-order valence-corrected chi connectivity index (χ4v) is 3.67. The molecule has 0 spiro atoms. The molecule has 0 aromatic carbocycles. The average molecular weight is 486 g/mol. The standard InChI is InChI=1S/C18H18ClF6N5O2/c1-28-3-2-26-15(28)16(32,18(23,24)25)9-13(31)29-4-6-30(7-5-29)14-12(19)8-11(10-27-14)17(20,21)22/h2-3,8,10,32H,4-7,9H2,1H3. The first-order valence-corrected chi connectivity index (χ1v) is 9.64. The van der Waals surface area contributed by atoms with Crippen molar-refractivity contribution in [1.29, 1.82) is 0 Å². The van der Waals surface area contributed by atoms with Gasteiger partial charge in [0.25, 0.3) is 0 Å². The number of hydrogen-bond acceptors (Lipinski definition) is 5. The lowest BCUT2D eigenvalue weighted by molar-refractivity contribution is -0.272. The quantitative estimate of drug-likeness (QED) is 0.674. The van der Waals surface area contributed by atoms with Gasteiger partial charge in [-0.2, -0.15) is 26.3 Å². The van der Waals surface area contributed by atoms with Crippen molar-refractivity contribution in [2.75, 3.05) is 31.1 Å². The van der Waals surface area contributed by atoms with Gasteiger partial charge in [-0.15, -0.1) is 0 Å². The van der Waals surface area contributed by atoms with Gasteiger partial charge in [-0.05, 0) is 6.07 Å². The van der Waals surface area contributed by atoms with E-state index in [0.29, 0.717) is 6.20 Å². The van der Waals surface area contributed by atoms with Crippen LogP contribution in [-0.2, 0) is 23.6 Å². The molecule has 14 heteroatoms. The number of nitrogens with zero attached hydrogens (tertiary/aromatic N) is 5. The first-order valence-electron chi connectivity index (χ1n) is 9.26. The summed E-state index contributed by atoms with van der Waals surface area (Å²) in [5.74, 6) is -1.58. The van der Waals surface area contributed by atoms with Gasteiger partial charge in [-0.3, -0.25) is 4.79 Å². The van der Waals surface area contributed by atoms with E-state index in [9.17, 15) is 36.2 Å². The number of hydrogen-bond donors (Lipinski definition) is 1. The summed E-state index contributed by atoms with van der Waals surface area (Å²) < 4.78 is 80.2. The molecule has 32 heavy (non-hydrogen) atoms. The number of rotatable bonds is 4. The van der Waals surface area contributed by atoms with Crippen LogP contribution in [0.5, 0.6) is 0 Å². The van der Waals surface area contributed by atoms with E-state index in [0.717, 1.165) is 21.7 Å². The van der Waals surface area contributed by atoms with Crippen molar-refractivity contribution in [3.8, 4) is 0 Å². The second-order valence-electron chi connectivity index (χ2n) is 7.29. The molecule has 0 aliphatic carbocycles. The van der Waals surface area contributed by atoms with Gasteiger partial charge in [-0.1, -0.05) is 11.6 Å². The fourth-order valence-electron chi connectivity index (χ4n) is 3.39. The Morgan fingerprint density at radius 3 is 2.22 bits per heavy atom. The summed E-state index contributed by atoms with van der Waals surface area (Å²) >= 11 is 5.92. The molecule has 1 N–H and O–H groups in total. The highest BCUT2D eigenvalue weighted by atomic mass is 35.5. The van der Waals surface area contributed by atoms with Crippen LogP contribution in [0.2, 0.25) is 5.02 Å². The fraction of sp³-hybridized carbons (Fsp3) is 0.500. The molecule has 0 saturated carbocycles. The van der Waals surface area contributed by atoms with Gasteiger partial charge in [0, 0.05) is 51.8 Å². The van der Waals surface area contributed by atoms with Crippen molar-refractivity contribution >= 4 is 23.3 Å². The molecular weight excluding hydrogens is 468 g/mol. The number of aromatic nitrogens is 3. The van der Waals surface area contributed by atoms with E-state index in [2.05, 4.69) is 9.97 Å². The second-order valence-corrected chi connectivity index (χ2v) is 7.70. The predicted molar refractivity (Wildman–Crippen MR) is 101 cm³/mol. The number of pyridine rings is 1. The van der Waals surface area contributed by atoms with Crippen molar-refractivity contribution in [3.63, 3.8) is 0 Å². The molecule has 1 unspecified atom stereocenters. The van der Waals surface area contributed by atoms with Gasteiger partial charge in [-0.25, -0.2) is 9.97 Å². The number of halogens is 7. The molecule has 3 heterocycles. The molecule has 3 rings (SSSR count). The number of aliphatic hydroxyl groups is 1. The molecular formula is C18H18ClF6N5O2. The van der Waals surface area contributed by atoms with Crippen molar-refractivity contribution in [1.82, 2.24) is 19.4 Å². The lowest BCUT2D eigenvalue weighted by Gasteiger charge is -2.37. The number of amides is 1. The van der Waals surface area contributed by atoms with Crippen LogP contribution in [0.4, 0.5) is 32.2 Å². The molecule has 0 bridgehead atoms. The first kappa shape index (κ1) is 24.1. The van der Waals surface area contributed by atoms with Crippen LogP contribution in [0, 0.1) is 0 Å². The maximum Gasteiger partial charge on any atom is 0.425 e. The molecule has 176 valence electrons. The molecule has 2 aromatic rings. The third-order valence-corrected chi connectivity index (χ3v) is 5.43. The summed E-state index contributed by atoms with van der Waals surface area (Å²) in [7, 11) is 1.27. The van der Waals surface area contributed by atoms with E-state index in [1.54, 1.807) is 0 Å². The zero-order chi connectivity index (χ0) is 23.9. The largest absolute Gasteiger partial charge is 0.425 e. The number of carbonyl (C=O) groups excluding carboxylic acids is 1. The number of piperazine rings is 1. The van der Waals surface area contributed by atoms with E-state index in [1.807, 2.05) is 0 Å². The van der Waals surface area contributed by atoms with Crippen molar-refractivity contribution in [2.45, 2.75) is 24.4 Å². The predicted octanol–water partition coefficient (Wildman–Crippen LogP) is 2.98. The first-order chi connectivity index (χ1) is 14.7. The third-order valence-electron chi connectivity index (χ3n) is 5.15. The van der Waals surface area contributed by atoms with Gasteiger partial charge >= 0.3 is 12.4 Å². The molecule has 0 radical (unpaired) electrons. The Labute approximate surface area is 183 Å². The normalized spacial score (nSPS) is 17.4. The molecule has 1 aliphatic rings. The highest BCUT2D eigenvalue weighted by Crippen LogP contribution is 2.41. The van der Waals surface area contributed by atoms with Crippen molar-refractivity contribution in [2.24, 2.45) is 7.05 Å². The highest BCUT2D eigenvalue weighted by Gasteiger charge is 2.59. The van der Waals surface area contributed by atoms with Crippen LogP contribution in [0.3, 0.4) is 0 Å². The maximum atomic E-state index is 13.6. The summed E-state index contributed by atoms with van der Waals surface area (Å²) in [5, 5.41) is 10.1.